The van der Waals surface area contributed by atoms with Crippen LogP contribution in [0.1, 0.15) is 25.8 Å². The lowest BCUT2D eigenvalue weighted by atomic mass is 9.99. The fourth-order valence-electron chi connectivity index (χ4n) is 3.83. The van der Waals surface area contributed by atoms with Crippen molar-refractivity contribution in [2.45, 2.75) is 38.2 Å². The first-order valence-corrected chi connectivity index (χ1v) is 9.67. The highest BCUT2D eigenvalue weighted by molar-refractivity contribution is 5.90. The molecule has 2 N–H and O–H groups in total. The van der Waals surface area contributed by atoms with Gasteiger partial charge in [0.25, 0.3) is 0 Å². The van der Waals surface area contributed by atoms with Crippen molar-refractivity contribution in [2.24, 2.45) is 0 Å². The van der Waals surface area contributed by atoms with Crippen LogP contribution in [0.2, 0.25) is 0 Å². The Morgan fingerprint density at radius 3 is 2.67 bits per heavy atom. The SMILES string of the molecule is CC(C)(F)CC1CN(c2ccc(C(F)(F)F)c(-c3n[nH]c4ncccc34)n2)CCN1. The van der Waals surface area contributed by atoms with Crippen molar-refractivity contribution < 1.29 is 17.6 Å². The average Bonchev–Trinajstić information content (AvgIpc) is 3.10. The summed E-state index contributed by atoms with van der Waals surface area (Å²) in [5, 5.41) is 10.4. The molecular weight excluding hydrogens is 400 g/mol. The van der Waals surface area contributed by atoms with Gasteiger partial charge in [-0.25, -0.2) is 14.4 Å². The van der Waals surface area contributed by atoms with E-state index in [-0.39, 0.29) is 17.4 Å². The molecule has 6 nitrogen and oxygen atoms in total. The standard InChI is InChI=1S/C20H22F4N6/c1-19(2,21)10-12-11-30(9-8-25-12)15-6-5-14(20(22,23)24)17(27-15)16-13-4-3-7-26-18(13)29-28-16/h3-7,12,25H,8-11H2,1-2H3,(H,26,28,29). The predicted molar refractivity (Wildman–Crippen MR) is 106 cm³/mol. The van der Waals surface area contributed by atoms with Crippen LogP contribution in [-0.2, 0) is 6.18 Å². The Bertz CT molecular complexity index is 1040. The number of fused-ring (bicyclic) bond motifs is 1. The second kappa shape index (κ2) is 7.50. The third-order valence-corrected chi connectivity index (χ3v) is 5.06. The minimum Gasteiger partial charge on any atom is -0.354 e. The molecule has 4 rings (SSSR count). The van der Waals surface area contributed by atoms with Crippen LogP contribution in [0.15, 0.2) is 30.5 Å². The Kier molecular flexibility index (Phi) is 5.13. The van der Waals surface area contributed by atoms with Crippen molar-refractivity contribution in [1.29, 1.82) is 0 Å². The highest BCUT2D eigenvalue weighted by Gasteiger charge is 2.36. The summed E-state index contributed by atoms with van der Waals surface area (Å²) in [5.41, 5.74) is -1.97. The van der Waals surface area contributed by atoms with E-state index in [1.54, 1.807) is 12.1 Å². The molecule has 10 heteroatoms. The lowest BCUT2D eigenvalue weighted by Crippen LogP contribution is -2.52. The number of aromatic nitrogens is 4. The number of hydrogen-bond acceptors (Lipinski definition) is 5. The molecular formula is C20H22F4N6. The van der Waals surface area contributed by atoms with Crippen LogP contribution in [0.3, 0.4) is 0 Å². The van der Waals surface area contributed by atoms with Crippen molar-refractivity contribution in [3.8, 4) is 11.4 Å². The number of nitrogens with one attached hydrogen (secondary N) is 2. The molecule has 1 aliphatic heterocycles. The molecule has 160 valence electrons. The van der Waals surface area contributed by atoms with E-state index in [4.69, 9.17) is 0 Å². The quantitative estimate of drug-likeness (QED) is 0.623. The second-order valence-corrected chi connectivity index (χ2v) is 8.06. The molecule has 0 aliphatic carbocycles. The Morgan fingerprint density at radius 2 is 1.93 bits per heavy atom. The van der Waals surface area contributed by atoms with Crippen LogP contribution in [0.25, 0.3) is 22.4 Å². The minimum absolute atomic E-state index is 0.101. The van der Waals surface area contributed by atoms with Crippen molar-refractivity contribution in [3.63, 3.8) is 0 Å². The van der Waals surface area contributed by atoms with Crippen LogP contribution in [-0.4, -0.2) is 51.5 Å². The highest BCUT2D eigenvalue weighted by Crippen LogP contribution is 2.38. The maximum absolute atomic E-state index is 14.1. The first-order chi connectivity index (χ1) is 14.1. The van der Waals surface area contributed by atoms with Gasteiger partial charge in [0, 0.05) is 37.3 Å². The van der Waals surface area contributed by atoms with E-state index >= 15 is 0 Å². The van der Waals surface area contributed by atoms with Crippen molar-refractivity contribution in [3.05, 3.63) is 36.0 Å². The molecule has 0 amide bonds. The summed E-state index contributed by atoms with van der Waals surface area (Å²) in [6, 6.07) is 5.56. The van der Waals surface area contributed by atoms with Crippen LogP contribution >= 0.6 is 0 Å². The summed E-state index contributed by atoms with van der Waals surface area (Å²) in [5.74, 6) is 0.404. The molecule has 3 aromatic heterocycles. The zero-order valence-corrected chi connectivity index (χ0v) is 16.6. The molecule has 0 radical (unpaired) electrons. The van der Waals surface area contributed by atoms with Crippen LogP contribution in [0.5, 0.6) is 0 Å². The monoisotopic (exact) mass is 422 g/mol. The fraction of sp³-hybridized carbons (Fsp3) is 0.450. The van der Waals surface area contributed by atoms with Gasteiger partial charge < -0.3 is 10.2 Å². The van der Waals surface area contributed by atoms with Gasteiger partial charge in [0.2, 0.25) is 0 Å². The number of piperazine rings is 1. The van der Waals surface area contributed by atoms with E-state index in [0.29, 0.717) is 42.9 Å². The summed E-state index contributed by atoms with van der Waals surface area (Å²) < 4.78 is 55.2. The Hall–Kier alpha value is -2.75. The number of hydrogen-bond donors (Lipinski definition) is 2. The first-order valence-electron chi connectivity index (χ1n) is 9.67. The molecule has 0 spiro atoms. The summed E-state index contributed by atoms with van der Waals surface area (Å²) >= 11 is 0. The first kappa shape index (κ1) is 20.5. The van der Waals surface area contributed by atoms with Gasteiger partial charge in [0.05, 0.1) is 5.56 Å². The van der Waals surface area contributed by atoms with E-state index in [1.165, 1.54) is 26.1 Å². The van der Waals surface area contributed by atoms with Gasteiger partial charge in [0.15, 0.2) is 5.65 Å². The van der Waals surface area contributed by atoms with Crippen LogP contribution in [0, 0.1) is 0 Å². The number of halogens is 4. The minimum atomic E-state index is -4.58. The van der Waals surface area contributed by atoms with E-state index in [2.05, 4.69) is 25.5 Å². The summed E-state index contributed by atoms with van der Waals surface area (Å²) in [4.78, 5) is 10.3. The van der Waals surface area contributed by atoms with E-state index < -0.39 is 17.4 Å². The summed E-state index contributed by atoms with van der Waals surface area (Å²) in [6.07, 6.45) is -2.75. The molecule has 1 saturated heterocycles. The topological polar surface area (TPSA) is 69.7 Å². The molecule has 4 heterocycles. The third-order valence-electron chi connectivity index (χ3n) is 5.06. The van der Waals surface area contributed by atoms with E-state index in [1.807, 2.05) is 4.90 Å². The van der Waals surface area contributed by atoms with Gasteiger partial charge in [-0.05, 0) is 44.5 Å². The Balaban J connectivity index is 1.74. The molecule has 0 bridgehead atoms. The van der Waals surface area contributed by atoms with Gasteiger partial charge in [0.1, 0.15) is 22.9 Å². The molecule has 0 saturated carbocycles. The number of aromatic amines is 1. The highest BCUT2D eigenvalue weighted by atomic mass is 19.4. The van der Waals surface area contributed by atoms with Crippen molar-refractivity contribution in [1.82, 2.24) is 25.5 Å². The molecule has 1 unspecified atom stereocenters. The van der Waals surface area contributed by atoms with E-state index in [9.17, 15) is 17.6 Å². The predicted octanol–water partition coefficient (Wildman–Crippen LogP) is 3.96. The Labute approximate surface area is 170 Å². The largest absolute Gasteiger partial charge is 0.418 e. The second-order valence-electron chi connectivity index (χ2n) is 8.06. The number of H-pyrrole nitrogens is 1. The number of rotatable bonds is 4. The molecule has 1 atom stereocenters. The van der Waals surface area contributed by atoms with Gasteiger partial charge in [-0.15, -0.1) is 0 Å². The molecule has 0 aromatic carbocycles. The maximum atomic E-state index is 14.1. The zero-order chi connectivity index (χ0) is 21.5. The smallest absolute Gasteiger partial charge is 0.354 e. The molecule has 3 aromatic rings. The number of alkyl halides is 4. The van der Waals surface area contributed by atoms with Gasteiger partial charge >= 0.3 is 6.18 Å². The van der Waals surface area contributed by atoms with Crippen LogP contribution < -0.4 is 10.2 Å². The summed E-state index contributed by atoms with van der Waals surface area (Å²) in [6.45, 7) is 4.63. The van der Waals surface area contributed by atoms with Gasteiger partial charge in [-0.1, -0.05) is 0 Å². The molecule has 1 aliphatic rings. The normalized spacial score (nSPS) is 18.2. The lowest BCUT2D eigenvalue weighted by Gasteiger charge is -2.36. The Morgan fingerprint density at radius 1 is 1.13 bits per heavy atom. The van der Waals surface area contributed by atoms with Crippen LogP contribution in [0.4, 0.5) is 23.4 Å². The zero-order valence-electron chi connectivity index (χ0n) is 16.6. The number of anilines is 1. The number of nitrogens with zero attached hydrogens (tertiary/aromatic N) is 4. The molecule has 1 fully saturated rings. The molecule has 30 heavy (non-hydrogen) atoms. The third kappa shape index (κ3) is 4.23. The van der Waals surface area contributed by atoms with Gasteiger partial charge in [-0.3, -0.25) is 5.10 Å². The summed E-state index contributed by atoms with van der Waals surface area (Å²) in [7, 11) is 0. The fourth-order valence-corrected chi connectivity index (χ4v) is 3.83. The maximum Gasteiger partial charge on any atom is 0.418 e. The van der Waals surface area contributed by atoms with E-state index in [0.717, 1.165) is 6.07 Å². The van der Waals surface area contributed by atoms with Gasteiger partial charge in [-0.2, -0.15) is 18.3 Å². The average molecular weight is 422 g/mol. The number of pyridine rings is 2. The lowest BCUT2D eigenvalue weighted by molar-refractivity contribution is -0.137. The van der Waals surface area contributed by atoms with Crippen molar-refractivity contribution in [2.75, 3.05) is 24.5 Å². The van der Waals surface area contributed by atoms with Crippen molar-refractivity contribution >= 4 is 16.9 Å².